The molecule has 0 aromatic rings. The fourth-order valence-corrected chi connectivity index (χ4v) is 0.344. The lowest BCUT2D eigenvalue weighted by molar-refractivity contribution is 0.339. The van der Waals surface area contributed by atoms with Crippen molar-refractivity contribution >= 4 is 0 Å². The molecule has 0 radical (unpaired) electrons. The Bertz CT molecular complexity index is 46.5. The van der Waals surface area contributed by atoms with Crippen molar-refractivity contribution in [1.82, 2.24) is 0 Å². The van der Waals surface area contributed by atoms with Crippen molar-refractivity contribution in [2.75, 3.05) is 0 Å². The zero-order valence-electron chi connectivity index (χ0n) is 5.29. The van der Waals surface area contributed by atoms with Gasteiger partial charge in [-0.05, 0) is 13.3 Å². The van der Waals surface area contributed by atoms with Crippen LogP contribution in [0.5, 0.6) is 0 Å². The molecule has 38 valence electrons. The van der Waals surface area contributed by atoms with E-state index in [1.807, 2.05) is 6.92 Å². The van der Waals surface area contributed by atoms with Gasteiger partial charge in [0.15, 0.2) is 0 Å². The molecule has 0 aliphatic heterocycles. The summed E-state index contributed by atoms with van der Waals surface area (Å²) < 4.78 is 18.7. The van der Waals surface area contributed by atoms with Crippen LogP contribution in [0.15, 0.2) is 0 Å². The van der Waals surface area contributed by atoms with Crippen molar-refractivity contribution in [2.24, 2.45) is 0 Å². The van der Waals surface area contributed by atoms with E-state index in [0.717, 1.165) is 6.42 Å². The van der Waals surface area contributed by atoms with Gasteiger partial charge in [0.05, 0.1) is 7.52 Å². The highest BCUT2D eigenvalue weighted by molar-refractivity contribution is 4.41. The van der Waals surface area contributed by atoms with Gasteiger partial charge in [-0.3, -0.25) is 0 Å². The second-order valence-corrected chi connectivity index (χ2v) is 1.43. The molecule has 0 rings (SSSR count). The molecule has 1 unspecified atom stereocenters. The first-order valence-electron chi connectivity index (χ1n) is 2.75. The minimum atomic E-state index is -1.70. The zero-order valence-corrected chi connectivity index (χ0v) is 4.29. The standard InChI is InChI=1S/C5H11F/c1-3-4-5(2)6/h5H,3-4H2,1-2H3/i5D. The highest BCUT2D eigenvalue weighted by atomic mass is 19.1. The van der Waals surface area contributed by atoms with Crippen LogP contribution >= 0.6 is 0 Å². The number of alkyl halides is 1. The highest BCUT2D eigenvalue weighted by Crippen LogP contribution is 1.97. The SMILES string of the molecule is [2H]C(C)(F)CCC. The average Bonchev–Trinajstić information content (AvgIpc) is 1.30. The predicted octanol–water partition coefficient (Wildman–Crippen LogP) is 2.14. The van der Waals surface area contributed by atoms with Crippen molar-refractivity contribution in [2.45, 2.75) is 32.8 Å². The smallest absolute Gasteiger partial charge is 0.0973 e. The Labute approximate surface area is 39.8 Å². The first kappa shape index (κ1) is 4.10. The maximum absolute atomic E-state index is 12.1. The van der Waals surface area contributed by atoms with Gasteiger partial charge in [-0.2, -0.15) is 0 Å². The van der Waals surface area contributed by atoms with Crippen molar-refractivity contribution < 1.29 is 5.76 Å². The fourth-order valence-electron chi connectivity index (χ4n) is 0.344. The van der Waals surface area contributed by atoms with Crippen LogP contribution in [0, 0.1) is 0 Å². The molecule has 0 aliphatic rings. The van der Waals surface area contributed by atoms with Gasteiger partial charge >= 0.3 is 0 Å². The topological polar surface area (TPSA) is 0 Å². The van der Waals surface area contributed by atoms with Gasteiger partial charge in [0.25, 0.3) is 0 Å². The molecule has 0 bridgehead atoms. The number of hydrogen-bond donors (Lipinski definition) is 0. The molecule has 0 N–H and O–H groups in total. The van der Waals surface area contributed by atoms with Gasteiger partial charge in [0.2, 0.25) is 0 Å². The van der Waals surface area contributed by atoms with E-state index in [1.165, 1.54) is 6.92 Å². The van der Waals surface area contributed by atoms with Crippen LogP contribution in [0.2, 0.25) is 0 Å². The maximum atomic E-state index is 12.1. The molecular formula is C5H11F. The van der Waals surface area contributed by atoms with Crippen LogP contribution < -0.4 is 0 Å². The fraction of sp³-hybridized carbons (Fsp3) is 1.00. The molecule has 6 heavy (non-hydrogen) atoms. The van der Waals surface area contributed by atoms with E-state index in [4.69, 9.17) is 1.37 Å². The molecule has 0 nitrogen and oxygen atoms in total. The maximum Gasteiger partial charge on any atom is 0.0973 e. The Hall–Kier alpha value is -0.0700. The zero-order chi connectivity index (χ0) is 5.91. The third-order valence-corrected chi connectivity index (χ3v) is 0.594. The molecule has 0 aromatic carbocycles. The van der Waals surface area contributed by atoms with Crippen LogP contribution in [-0.4, -0.2) is 6.15 Å². The number of halogens is 1. The Morgan fingerprint density at radius 3 is 2.50 bits per heavy atom. The van der Waals surface area contributed by atoms with E-state index in [-0.39, 0.29) is 0 Å². The van der Waals surface area contributed by atoms with E-state index in [2.05, 4.69) is 0 Å². The summed E-state index contributed by atoms with van der Waals surface area (Å²) in [6, 6.07) is 0. The van der Waals surface area contributed by atoms with Crippen LogP contribution in [0.3, 0.4) is 0 Å². The minimum Gasteiger partial charge on any atom is -0.248 e. The molecular weight excluding hydrogens is 79.1 g/mol. The van der Waals surface area contributed by atoms with Gasteiger partial charge in [-0.25, -0.2) is 4.39 Å². The average molecular weight is 91.1 g/mol. The summed E-state index contributed by atoms with van der Waals surface area (Å²) in [5.41, 5.74) is 0. The van der Waals surface area contributed by atoms with E-state index in [1.54, 1.807) is 0 Å². The summed E-state index contributed by atoms with van der Waals surface area (Å²) in [4.78, 5) is 0. The monoisotopic (exact) mass is 91.1 g/mol. The molecule has 0 spiro atoms. The Morgan fingerprint density at radius 2 is 2.50 bits per heavy atom. The van der Waals surface area contributed by atoms with Gasteiger partial charge < -0.3 is 0 Å². The molecule has 1 heteroatoms. The summed E-state index contributed by atoms with van der Waals surface area (Å²) in [6.07, 6.45) is -0.613. The van der Waals surface area contributed by atoms with Crippen molar-refractivity contribution in [1.29, 1.82) is 0 Å². The quantitative estimate of drug-likeness (QED) is 0.488. The van der Waals surface area contributed by atoms with Gasteiger partial charge in [-0.1, -0.05) is 13.3 Å². The molecule has 1 atom stereocenters. The molecule has 0 aliphatic carbocycles. The van der Waals surface area contributed by atoms with Crippen LogP contribution in [0.1, 0.15) is 28.1 Å². The lowest BCUT2D eigenvalue weighted by Gasteiger charge is -1.91. The van der Waals surface area contributed by atoms with E-state index in [9.17, 15) is 4.39 Å². The summed E-state index contributed by atoms with van der Waals surface area (Å²) in [6.45, 7) is 3.14. The predicted molar refractivity (Wildman–Crippen MR) is 25.5 cm³/mol. The summed E-state index contributed by atoms with van der Waals surface area (Å²) >= 11 is 0. The van der Waals surface area contributed by atoms with Crippen LogP contribution in [0.25, 0.3) is 0 Å². The second kappa shape index (κ2) is 3.13. The van der Waals surface area contributed by atoms with Gasteiger partial charge in [-0.15, -0.1) is 0 Å². The highest BCUT2D eigenvalue weighted by Gasteiger charge is 1.90. The molecule has 0 aromatic heterocycles. The summed E-state index contributed by atoms with van der Waals surface area (Å²) in [5, 5.41) is 0. The lowest BCUT2D eigenvalue weighted by Crippen LogP contribution is -1.87. The van der Waals surface area contributed by atoms with Crippen LogP contribution in [-0.2, 0) is 0 Å². The second-order valence-electron chi connectivity index (χ2n) is 1.43. The Kier molecular flexibility index (Phi) is 2.14. The molecule has 0 heterocycles. The van der Waals surface area contributed by atoms with Crippen molar-refractivity contribution in [3.05, 3.63) is 0 Å². The Balaban J connectivity index is 3.15. The van der Waals surface area contributed by atoms with E-state index < -0.39 is 6.15 Å². The molecule has 0 amide bonds. The van der Waals surface area contributed by atoms with E-state index >= 15 is 0 Å². The minimum absolute atomic E-state index is 0.340. The number of hydrogen-bond acceptors (Lipinski definition) is 0. The van der Waals surface area contributed by atoms with Crippen molar-refractivity contribution in [3.63, 3.8) is 0 Å². The molecule has 0 fully saturated rings. The third-order valence-electron chi connectivity index (χ3n) is 0.594. The van der Waals surface area contributed by atoms with Gasteiger partial charge in [0, 0.05) is 0 Å². The molecule has 0 saturated carbocycles. The summed E-state index contributed by atoms with van der Waals surface area (Å²) in [7, 11) is 0. The first-order chi connectivity index (χ1) is 3.06. The summed E-state index contributed by atoms with van der Waals surface area (Å²) in [5.74, 6) is 0. The normalized spacial score (nSPS) is 22.2. The first-order valence-corrected chi connectivity index (χ1v) is 2.25. The lowest BCUT2D eigenvalue weighted by atomic mass is 10.2. The van der Waals surface area contributed by atoms with E-state index in [0.29, 0.717) is 6.42 Å². The Morgan fingerprint density at radius 1 is 2.00 bits per heavy atom. The van der Waals surface area contributed by atoms with Crippen LogP contribution in [0.4, 0.5) is 4.39 Å². The van der Waals surface area contributed by atoms with Gasteiger partial charge in [0.1, 0.15) is 0 Å². The molecule has 0 saturated heterocycles. The number of rotatable bonds is 2. The van der Waals surface area contributed by atoms with Crippen molar-refractivity contribution in [3.8, 4) is 0 Å². The third kappa shape index (κ3) is 3.93. The largest absolute Gasteiger partial charge is 0.248 e.